The lowest BCUT2D eigenvalue weighted by Gasteiger charge is -2.19. The van der Waals surface area contributed by atoms with Crippen LogP contribution in [0, 0.1) is 0 Å². The third-order valence-electron chi connectivity index (χ3n) is 3.89. The van der Waals surface area contributed by atoms with Gasteiger partial charge in [-0.2, -0.15) is 0 Å². The van der Waals surface area contributed by atoms with Crippen LogP contribution in [0.1, 0.15) is 77.0 Å². The summed E-state index contributed by atoms with van der Waals surface area (Å²) in [7, 11) is 0. The molecule has 0 radical (unpaired) electrons. The Labute approximate surface area is 108 Å². The summed E-state index contributed by atoms with van der Waals surface area (Å²) in [5, 5.41) is 3.70. The van der Waals surface area contributed by atoms with E-state index in [1.54, 1.807) is 0 Å². The molecule has 0 unspecified atom stereocenters. The van der Waals surface area contributed by atoms with E-state index in [1.165, 1.54) is 70.6 Å². The van der Waals surface area contributed by atoms with Gasteiger partial charge in [-0.05, 0) is 25.8 Å². The average Bonchev–Trinajstić information content (AvgIpc) is 2.32. The summed E-state index contributed by atoms with van der Waals surface area (Å²) >= 11 is 0. The SMILES string of the molecule is C=CCCNC1CCCCCCCCCCC1. The van der Waals surface area contributed by atoms with Crippen molar-refractivity contribution in [1.29, 1.82) is 0 Å². The van der Waals surface area contributed by atoms with Crippen LogP contribution in [0.5, 0.6) is 0 Å². The fourth-order valence-corrected chi connectivity index (χ4v) is 2.76. The highest BCUT2D eigenvalue weighted by molar-refractivity contribution is 4.72. The molecule has 0 aromatic rings. The predicted molar refractivity (Wildman–Crippen MR) is 77.4 cm³/mol. The van der Waals surface area contributed by atoms with Crippen LogP contribution in [0.25, 0.3) is 0 Å². The zero-order valence-corrected chi connectivity index (χ0v) is 11.6. The van der Waals surface area contributed by atoms with Gasteiger partial charge in [-0.15, -0.1) is 6.58 Å². The monoisotopic (exact) mass is 237 g/mol. The predicted octanol–water partition coefficient (Wildman–Crippen LogP) is 4.83. The highest BCUT2D eigenvalue weighted by Crippen LogP contribution is 2.16. The van der Waals surface area contributed by atoms with Crippen molar-refractivity contribution in [2.45, 2.75) is 83.1 Å². The first-order valence-corrected chi connectivity index (χ1v) is 7.78. The van der Waals surface area contributed by atoms with Gasteiger partial charge >= 0.3 is 0 Å². The molecule has 1 saturated carbocycles. The van der Waals surface area contributed by atoms with Crippen LogP contribution < -0.4 is 5.32 Å². The molecule has 1 aliphatic rings. The molecule has 0 bridgehead atoms. The molecule has 1 nitrogen and oxygen atoms in total. The van der Waals surface area contributed by atoms with Gasteiger partial charge in [0.05, 0.1) is 0 Å². The van der Waals surface area contributed by atoms with E-state index in [0.29, 0.717) is 0 Å². The summed E-state index contributed by atoms with van der Waals surface area (Å²) in [5.41, 5.74) is 0. The topological polar surface area (TPSA) is 12.0 Å². The van der Waals surface area contributed by atoms with Gasteiger partial charge in [0, 0.05) is 6.04 Å². The van der Waals surface area contributed by atoms with Crippen molar-refractivity contribution < 1.29 is 0 Å². The Morgan fingerprint density at radius 2 is 1.29 bits per heavy atom. The minimum Gasteiger partial charge on any atom is -0.314 e. The molecule has 1 fully saturated rings. The van der Waals surface area contributed by atoms with E-state index in [-0.39, 0.29) is 0 Å². The van der Waals surface area contributed by atoms with Crippen LogP contribution in [0.2, 0.25) is 0 Å². The fourth-order valence-electron chi connectivity index (χ4n) is 2.76. The molecule has 0 aliphatic heterocycles. The van der Waals surface area contributed by atoms with Gasteiger partial charge < -0.3 is 5.32 Å². The molecule has 0 amide bonds. The lowest BCUT2D eigenvalue weighted by Crippen LogP contribution is -2.29. The summed E-state index contributed by atoms with van der Waals surface area (Å²) in [6, 6.07) is 0.773. The van der Waals surface area contributed by atoms with Crippen molar-refractivity contribution in [3.8, 4) is 0 Å². The molecule has 0 saturated heterocycles. The normalized spacial score (nSPS) is 21.4. The highest BCUT2D eigenvalue weighted by Gasteiger charge is 2.07. The third kappa shape index (κ3) is 8.43. The Morgan fingerprint density at radius 1 is 0.824 bits per heavy atom. The Hall–Kier alpha value is -0.300. The van der Waals surface area contributed by atoms with Crippen LogP contribution in [0.4, 0.5) is 0 Å². The number of hydrogen-bond acceptors (Lipinski definition) is 1. The zero-order chi connectivity index (χ0) is 12.2. The van der Waals surface area contributed by atoms with Crippen molar-refractivity contribution >= 4 is 0 Å². The molecule has 0 spiro atoms. The first-order valence-electron chi connectivity index (χ1n) is 7.78. The number of rotatable bonds is 4. The summed E-state index contributed by atoms with van der Waals surface area (Å²) in [6.07, 6.45) is 19.0. The average molecular weight is 237 g/mol. The van der Waals surface area contributed by atoms with E-state index in [9.17, 15) is 0 Å². The lowest BCUT2D eigenvalue weighted by molar-refractivity contribution is 0.407. The standard InChI is InChI=1S/C16H31N/c1-2-3-15-17-16-13-11-9-7-5-4-6-8-10-12-14-16/h2,16-17H,1,3-15H2. The highest BCUT2D eigenvalue weighted by atomic mass is 14.9. The van der Waals surface area contributed by atoms with Crippen LogP contribution in [0.3, 0.4) is 0 Å². The van der Waals surface area contributed by atoms with E-state index in [0.717, 1.165) is 19.0 Å². The molecule has 0 aromatic heterocycles. The van der Waals surface area contributed by atoms with Gasteiger partial charge in [-0.25, -0.2) is 0 Å². The van der Waals surface area contributed by atoms with Gasteiger partial charge in [0.1, 0.15) is 0 Å². The molecule has 1 rings (SSSR count). The van der Waals surface area contributed by atoms with Crippen molar-refractivity contribution in [2.24, 2.45) is 0 Å². The van der Waals surface area contributed by atoms with Crippen LogP contribution in [0.15, 0.2) is 12.7 Å². The summed E-state index contributed by atoms with van der Waals surface area (Å²) in [4.78, 5) is 0. The third-order valence-corrected chi connectivity index (χ3v) is 3.89. The van der Waals surface area contributed by atoms with Crippen molar-refractivity contribution in [1.82, 2.24) is 5.32 Å². The van der Waals surface area contributed by atoms with Crippen molar-refractivity contribution in [3.63, 3.8) is 0 Å². The molecular formula is C16H31N. The molecule has 1 aliphatic carbocycles. The molecule has 1 heteroatoms. The summed E-state index contributed by atoms with van der Waals surface area (Å²) < 4.78 is 0. The Morgan fingerprint density at radius 3 is 1.76 bits per heavy atom. The second-order valence-corrected chi connectivity index (χ2v) is 5.49. The molecule has 0 atom stereocenters. The molecule has 100 valence electrons. The Bertz CT molecular complexity index is 164. The number of nitrogens with one attached hydrogen (secondary N) is 1. The minimum atomic E-state index is 0.773. The summed E-state index contributed by atoms with van der Waals surface area (Å²) in [5.74, 6) is 0. The first-order chi connectivity index (χ1) is 8.43. The number of hydrogen-bond donors (Lipinski definition) is 1. The maximum atomic E-state index is 3.79. The molecule has 17 heavy (non-hydrogen) atoms. The molecular weight excluding hydrogens is 206 g/mol. The van der Waals surface area contributed by atoms with Gasteiger partial charge in [0.15, 0.2) is 0 Å². The summed E-state index contributed by atoms with van der Waals surface area (Å²) in [6.45, 7) is 4.91. The van der Waals surface area contributed by atoms with Gasteiger partial charge in [0.25, 0.3) is 0 Å². The van der Waals surface area contributed by atoms with Crippen LogP contribution in [-0.4, -0.2) is 12.6 Å². The minimum absolute atomic E-state index is 0.773. The van der Waals surface area contributed by atoms with E-state index in [4.69, 9.17) is 0 Å². The maximum Gasteiger partial charge on any atom is 0.00671 e. The molecule has 0 aromatic carbocycles. The van der Waals surface area contributed by atoms with Gasteiger partial charge in [0.2, 0.25) is 0 Å². The second-order valence-electron chi connectivity index (χ2n) is 5.49. The first kappa shape index (κ1) is 14.8. The van der Waals surface area contributed by atoms with E-state index in [1.807, 2.05) is 6.08 Å². The largest absolute Gasteiger partial charge is 0.314 e. The quantitative estimate of drug-likeness (QED) is 0.546. The Balaban J connectivity index is 2.19. The van der Waals surface area contributed by atoms with Gasteiger partial charge in [-0.3, -0.25) is 0 Å². The lowest BCUT2D eigenvalue weighted by atomic mass is 9.98. The van der Waals surface area contributed by atoms with Crippen LogP contribution in [-0.2, 0) is 0 Å². The van der Waals surface area contributed by atoms with E-state index >= 15 is 0 Å². The second kappa shape index (κ2) is 10.8. The zero-order valence-electron chi connectivity index (χ0n) is 11.6. The molecule has 0 heterocycles. The fraction of sp³-hybridized carbons (Fsp3) is 0.875. The Kier molecular flexibility index (Phi) is 9.40. The maximum absolute atomic E-state index is 3.79. The van der Waals surface area contributed by atoms with Crippen molar-refractivity contribution in [2.75, 3.05) is 6.54 Å². The van der Waals surface area contributed by atoms with E-state index < -0.39 is 0 Å². The van der Waals surface area contributed by atoms with E-state index in [2.05, 4.69) is 11.9 Å². The van der Waals surface area contributed by atoms with Gasteiger partial charge in [-0.1, -0.05) is 63.9 Å². The van der Waals surface area contributed by atoms with Crippen LogP contribution >= 0.6 is 0 Å². The van der Waals surface area contributed by atoms with Crippen molar-refractivity contribution in [3.05, 3.63) is 12.7 Å². The molecule has 1 N–H and O–H groups in total. The smallest absolute Gasteiger partial charge is 0.00671 e.